The Morgan fingerprint density at radius 3 is 2.86 bits per heavy atom. The lowest BCUT2D eigenvalue weighted by molar-refractivity contribution is 0.102. The van der Waals surface area contributed by atoms with E-state index in [4.69, 9.17) is 4.74 Å². The maximum absolute atomic E-state index is 12.4. The topological polar surface area (TPSA) is 38.3 Å². The average Bonchev–Trinajstić information content (AvgIpc) is 2.82. The average molecular weight is 281 g/mol. The van der Waals surface area contributed by atoms with Crippen LogP contribution in [-0.2, 0) is 6.42 Å². The number of fused-ring (bicyclic) bond motifs is 1. The molecule has 2 aromatic carbocycles. The molecule has 1 unspecified atom stereocenters. The van der Waals surface area contributed by atoms with Crippen molar-refractivity contribution in [2.45, 2.75) is 33.3 Å². The van der Waals surface area contributed by atoms with Crippen molar-refractivity contribution in [2.75, 3.05) is 5.32 Å². The van der Waals surface area contributed by atoms with Gasteiger partial charge in [0.1, 0.15) is 11.9 Å². The van der Waals surface area contributed by atoms with Crippen molar-refractivity contribution in [3.05, 3.63) is 58.7 Å². The van der Waals surface area contributed by atoms with Crippen LogP contribution in [0.3, 0.4) is 0 Å². The number of carbonyl (C=O) groups excluding carboxylic acids is 1. The Labute approximate surface area is 124 Å². The first kappa shape index (κ1) is 13.7. The third-order valence-electron chi connectivity index (χ3n) is 4.01. The first-order valence-corrected chi connectivity index (χ1v) is 7.22. The summed E-state index contributed by atoms with van der Waals surface area (Å²) in [5.74, 6) is 0.817. The second kappa shape index (κ2) is 5.24. The molecule has 0 radical (unpaired) electrons. The molecule has 1 atom stereocenters. The fourth-order valence-corrected chi connectivity index (χ4v) is 2.64. The van der Waals surface area contributed by atoms with Gasteiger partial charge in [-0.15, -0.1) is 0 Å². The molecule has 0 bridgehead atoms. The van der Waals surface area contributed by atoms with Gasteiger partial charge in [0.15, 0.2) is 0 Å². The third kappa shape index (κ3) is 2.64. The molecule has 3 nitrogen and oxygen atoms in total. The zero-order valence-electron chi connectivity index (χ0n) is 12.6. The molecular weight excluding hydrogens is 262 g/mol. The maximum Gasteiger partial charge on any atom is 0.255 e. The second-order valence-electron chi connectivity index (χ2n) is 5.66. The van der Waals surface area contributed by atoms with Crippen molar-refractivity contribution < 1.29 is 9.53 Å². The number of nitrogens with one attached hydrogen (secondary N) is 1. The summed E-state index contributed by atoms with van der Waals surface area (Å²) in [5.41, 5.74) is 4.92. The van der Waals surface area contributed by atoms with Crippen LogP contribution in [0.4, 0.5) is 5.69 Å². The zero-order chi connectivity index (χ0) is 15.0. The minimum absolute atomic E-state index is 0.0777. The Balaban J connectivity index is 1.83. The summed E-state index contributed by atoms with van der Waals surface area (Å²) in [4.78, 5) is 12.4. The van der Waals surface area contributed by atoms with Gasteiger partial charge in [-0.05, 0) is 61.7 Å². The Hall–Kier alpha value is -2.29. The molecule has 0 fully saturated rings. The molecule has 0 aromatic heterocycles. The largest absolute Gasteiger partial charge is 0.490 e. The summed E-state index contributed by atoms with van der Waals surface area (Å²) < 4.78 is 5.66. The van der Waals surface area contributed by atoms with Gasteiger partial charge in [0.2, 0.25) is 0 Å². The number of hydrogen-bond acceptors (Lipinski definition) is 2. The molecule has 0 saturated carbocycles. The van der Waals surface area contributed by atoms with Gasteiger partial charge in [0, 0.05) is 17.7 Å². The summed E-state index contributed by atoms with van der Waals surface area (Å²) in [6.45, 7) is 6.10. The van der Waals surface area contributed by atoms with Gasteiger partial charge in [-0.1, -0.05) is 12.1 Å². The van der Waals surface area contributed by atoms with Gasteiger partial charge >= 0.3 is 0 Å². The van der Waals surface area contributed by atoms with Crippen LogP contribution in [0.5, 0.6) is 5.75 Å². The highest BCUT2D eigenvalue weighted by Gasteiger charge is 2.20. The number of rotatable bonds is 2. The van der Waals surface area contributed by atoms with Crippen LogP contribution < -0.4 is 10.1 Å². The van der Waals surface area contributed by atoms with Crippen molar-refractivity contribution in [3.8, 4) is 5.75 Å². The number of benzene rings is 2. The van der Waals surface area contributed by atoms with Crippen LogP contribution in [0, 0.1) is 13.8 Å². The second-order valence-corrected chi connectivity index (χ2v) is 5.66. The van der Waals surface area contributed by atoms with Crippen LogP contribution in [0.15, 0.2) is 36.4 Å². The molecule has 1 amide bonds. The minimum Gasteiger partial charge on any atom is -0.490 e. The summed E-state index contributed by atoms with van der Waals surface area (Å²) >= 11 is 0. The van der Waals surface area contributed by atoms with Gasteiger partial charge in [-0.2, -0.15) is 0 Å². The highest BCUT2D eigenvalue weighted by molar-refractivity contribution is 6.05. The van der Waals surface area contributed by atoms with E-state index < -0.39 is 0 Å². The molecule has 0 saturated heterocycles. The van der Waals surface area contributed by atoms with Crippen molar-refractivity contribution in [3.63, 3.8) is 0 Å². The Morgan fingerprint density at radius 2 is 2.05 bits per heavy atom. The number of carbonyl (C=O) groups is 1. The number of aryl methyl sites for hydroxylation is 1. The predicted molar refractivity (Wildman–Crippen MR) is 84.1 cm³/mol. The summed E-state index contributed by atoms with van der Waals surface area (Å²) in [5, 5.41) is 2.99. The number of anilines is 1. The molecule has 0 spiro atoms. The quantitative estimate of drug-likeness (QED) is 0.907. The van der Waals surface area contributed by atoms with Gasteiger partial charge < -0.3 is 10.1 Å². The molecular formula is C18H19NO2. The highest BCUT2D eigenvalue weighted by Crippen LogP contribution is 2.29. The zero-order valence-corrected chi connectivity index (χ0v) is 12.6. The van der Waals surface area contributed by atoms with E-state index in [0.717, 1.165) is 29.0 Å². The molecule has 21 heavy (non-hydrogen) atoms. The van der Waals surface area contributed by atoms with E-state index in [-0.39, 0.29) is 12.0 Å². The number of ether oxygens (including phenoxy) is 1. The third-order valence-corrected chi connectivity index (χ3v) is 4.01. The van der Waals surface area contributed by atoms with Gasteiger partial charge in [-0.3, -0.25) is 4.79 Å². The van der Waals surface area contributed by atoms with Crippen LogP contribution in [0.25, 0.3) is 0 Å². The standard InChI is InChI=1S/C18H19NO2/c1-11-5-4-6-16(13(11)3)19-18(20)14-7-8-17-15(10-14)9-12(2)21-17/h4-8,10,12H,9H2,1-3H3,(H,19,20). The normalized spacial score (nSPS) is 16.2. The van der Waals surface area contributed by atoms with E-state index >= 15 is 0 Å². The van der Waals surface area contributed by atoms with Crippen LogP contribution in [0.2, 0.25) is 0 Å². The molecule has 0 aliphatic carbocycles. The Morgan fingerprint density at radius 1 is 1.24 bits per heavy atom. The predicted octanol–water partition coefficient (Wildman–Crippen LogP) is 3.88. The Kier molecular flexibility index (Phi) is 3.42. The first-order chi connectivity index (χ1) is 10.0. The lowest BCUT2D eigenvalue weighted by atomic mass is 10.1. The first-order valence-electron chi connectivity index (χ1n) is 7.22. The molecule has 3 heteroatoms. The van der Waals surface area contributed by atoms with E-state index in [2.05, 4.69) is 5.32 Å². The summed E-state index contributed by atoms with van der Waals surface area (Å²) in [6, 6.07) is 11.6. The molecule has 1 N–H and O–H groups in total. The monoisotopic (exact) mass is 281 g/mol. The van der Waals surface area contributed by atoms with Gasteiger partial charge in [0.25, 0.3) is 5.91 Å². The molecule has 108 valence electrons. The summed E-state index contributed by atoms with van der Waals surface area (Å²) in [7, 11) is 0. The smallest absolute Gasteiger partial charge is 0.255 e. The molecule has 2 aromatic rings. The van der Waals surface area contributed by atoms with Gasteiger partial charge in [0.05, 0.1) is 0 Å². The van der Waals surface area contributed by atoms with E-state index in [1.54, 1.807) is 0 Å². The van der Waals surface area contributed by atoms with E-state index in [1.165, 1.54) is 5.56 Å². The molecule has 1 aliphatic heterocycles. The SMILES string of the molecule is Cc1cccc(NC(=O)c2ccc3c(c2)CC(C)O3)c1C. The van der Waals surface area contributed by atoms with Crippen molar-refractivity contribution in [2.24, 2.45) is 0 Å². The number of amides is 1. The van der Waals surface area contributed by atoms with Gasteiger partial charge in [-0.25, -0.2) is 0 Å². The minimum atomic E-state index is -0.0777. The molecule has 3 rings (SSSR count). The van der Waals surface area contributed by atoms with Crippen molar-refractivity contribution in [1.29, 1.82) is 0 Å². The fraction of sp³-hybridized carbons (Fsp3) is 0.278. The highest BCUT2D eigenvalue weighted by atomic mass is 16.5. The van der Waals surface area contributed by atoms with Crippen LogP contribution in [-0.4, -0.2) is 12.0 Å². The lowest BCUT2D eigenvalue weighted by Gasteiger charge is -2.11. The van der Waals surface area contributed by atoms with Crippen molar-refractivity contribution in [1.82, 2.24) is 0 Å². The maximum atomic E-state index is 12.4. The lowest BCUT2D eigenvalue weighted by Crippen LogP contribution is -2.13. The molecule has 1 heterocycles. The van der Waals surface area contributed by atoms with Crippen LogP contribution in [0.1, 0.15) is 34.0 Å². The van der Waals surface area contributed by atoms with Crippen LogP contribution >= 0.6 is 0 Å². The number of hydrogen-bond donors (Lipinski definition) is 1. The fourth-order valence-electron chi connectivity index (χ4n) is 2.64. The van der Waals surface area contributed by atoms with E-state index in [0.29, 0.717) is 5.56 Å². The van der Waals surface area contributed by atoms with E-state index in [1.807, 2.05) is 57.2 Å². The molecule has 1 aliphatic rings. The van der Waals surface area contributed by atoms with E-state index in [9.17, 15) is 4.79 Å². The summed E-state index contributed by atoms with van der Waals surface area (Å²) in [6.07, 6.45) is 1.05. The van der Waals surface area contributed by atoms with Crippen molar-refractivity contribution >= 4 is 11.6 Å². The Bertz CT molecular complexity index is 706.